The fourth-order valence-corrected chi connectivity index (χ4v) is 4.98. The number of benzene rings is 2. The fraction of sp³-hybridized carbons (Fsp3) is 0.346. The fourth-order valence-electron chi connectivity index (χ4n) is 4.44. The summed E-state index contributed by atoms with van der Waals surface area (Å²) >= 11 is 3.71. The smallest absolute Gasteiger partial charge is 0.339 e. The molecule has 0 aliphatic carbocycles. The summed E-state index contributed by atoms with van der Waals surface area (Å²) < 4.78 is 1.09. The van der Waals surface area contributed by atoms with Gasteiger partial charge in [-0.3, -0.25) is 0 Å². The van der Waals surface area contributed by atoms with Gasteiger partial charge in [-0.1, -0.05) is 77.3 Å². The third-order valence-electron chi connectivity index (χ3n) is 6.08. The normalized spacial score (nSPS) is 16.5. The molecule has 2 aromatic carbocycles. The molecule has 3 aromatic rings. The number of halogens is 1. The molecule has 1 aliphatic heterocycles. The molecule has 1 fully saturated rings. The summed E-state index contributed by atoms with van der Waals surface area (Å²) in [6, 6.07) is 18.7. The van der Waals surface area contributed by atoms with Gasteiger partial charge in [-0.05, 0) is 49.3 Å². The molecule has 2 heterocycles. The Bertz CT molecular complexity index is 1060. The number of anilines is 1. The van der Waals surface area contributed by atoms with Crippen LogP contribution in [0.25, 0.3) is 0 Å². The predicted molar refractivity (Wildman–Crippen MR) is 130 cm³/mol. The standard InChI is InChI=1S/C26H28BrN3O2/c27-22-14-7-6-13-20(22)24-16-5-2-8-17-30(24)26-28-18-21(25(31)32)23(29-26)15-9-12-19-10-3-1-4-11-19/h1,3-4,6-7,10-11,13-14,18,24H,2,5,8-9,12,15-17H2,(H,31,32)/t24-/m1/s1. The van der Waals surface area contributed by atoms with Crippen molar-refractivity contribution < 1.29 is 9.90 Å². The lowest BCUT2D eigenvalue weighted by atomic mass is 10.0. The van der Waals surface area contributed by atoms with E-state index in [-0.39, 0.29) is 11.6 Å². The maximum absolute atomic E-state index is 11.8. The number of nitrogens with zero attached hydrogens (tertiary/aromatic N) is 3. The second-order valence-electron chi connectivity index (χ2n) is 8.25. The van der Waals surface area contributed by atoms with Gasteiger partial charge in [0.1, 0.15) is 0 Å². The van der Waals surface area contributed by atoms with Gasteiger partial charge < -0.3 is 10.0 Å². The highest BCUT2D eigenvalue weighted by Gasteiger charge is 2.27. The number of carbonyl (C=O) groups is 1. The van der Waals surface area contributed by atoms with E-state index in [1.165, 1.54) is 23.7 Å². The molecule has 1 saturated heterocycles. The molecule has 0 radical (unpaired) electrons. The van der Waals surface area contributed by atoms with Gasteiger partial charge in [-0.15, -0.1) is 0 Å². The Kier molecular flexibility index (Phi) is 7.53. The van der Waals surface area contributed by atoms with Gasteiger partial charge in [-0.25, -0.2) is 14.8 Å². The van der Waals surface area contributed by atoms with Crippen molar-refractivity contribution >= 4 is 27.8 Å². The molecular weight excluding hydrogens is 466 g/mol. The van der Waals surface area contributed by atoms with Gasteiger partial charge in [0, 0.05) is 17.2 Å². The lowest BCUT2D eigenvalue weighted by Crippen LogP contribution is -2.31. The molecule has 166 valence electrons. The minimum absolute atomic E-state index is 0.168. The van der Waals surface area contributed by atoms with Crippen LogP contribution in [0.5, 0.6) is 0 Å². The molecule has 5 nitrogen and oxygen atoms in total. The topological polar surface area (TPSA) is 66.3 Å². The van der Waals surface area contributed by atoms with E-state index < -0.39 is 5.97 Å². The second kappa shape index (κ2) is 10.7. The van der Waals surface area contributed by atoms with E-state index in [2.05, 4.69) is 56.1 Å². The van der Waals surface area contributed by atoms with E-state index in [1.54, 1.807) is 0 Å². The van der Waals surface area contributed by atoms with Crippen LogP contribution in [-0.4, -0.2) is 27.6 Å². The molecule has 4 rings (SSSR count). The average molecular weight is 494 g/mol. The van der Waals surface area contributed by atoms with Gasteiger partial charge in [0.25, 0.3) is 0 Å². The highest BCUT2D eigenvalue weighted by Crippen LogP contribution is 2.36. The number of aromatic carboxylic acids is 1. The van der Waals surface area contributed by atoms with Gasteiger partial charge in [0.2, 0.25) is 5.95 Å². The van der Waals surface area contributed by atoms with E-state index >= 15 is 0 Å². The summed E-state index contributed by atoms with van der Waals surface area (Å²) in [6.07, 6.45) is 8.26. The van der Waals surface area contributed by atoms with E-state index in [1.807, 2.05) is 24.3 Å². The van der Waals surface area contributed by atoms with Crippen molar-refractivity contribution in [3.63, 3.8) is 0 Å². The molecular formula is C26H28BrN3O2. The van der Waals surface area contributed by atoms with Crippen LogP contribution >= 0.6 is 15.9 Å². The monoisotopic (exact) mass is 493 g/mol. The summed E-state index contributed by atoms with van der Waals surface area (Å²) in [4.78, 5) is 23.4. The highest BCUT2D eigenvalue weighted by molar-refractivity contribution is 9.10. The van der Waals surface area contributed by atoms with Crippen LogP contribution in [0.4, 0.5) is 5.95 Å². The number of hydrogen-bond donors (Lipinski definition) is 1. The van der Waals surface area contributed by atoms with Crippen LogP contribution in [0, 0.1) is 0 Å². The van der Waals surface area contributed by atoms with E-state index in [9.17, 15) is 9.90 Å². The molecule has 1 N–H and O–H groups in total. The highest BCUT2D eigenvalue weighted by atomic mass is 79.9. The second-order valence-corrected chi connectivity index (χ2v) is 9.11. The van der Waals surface area contributed by atoms with E-state index in [0.717, 1.165) is 43.1 Å². The quantitative estimate of drug-likeness (QED) is 0.422. The zero-order valence-corrected chi connectivity index (χ0v) is 19.7. The van der Waals surface area contributed by atoms with Gasteiger partial charge in [-0.2, -0.15) is 0 Å². The predicted octanol–water partition coefficient (Wildman–Crippen LogP) is 6.23. The van der Waals surface area contributed by atoms with E-state index in [4.69, 9.17) is 4.98 Å². The maximum atomic E-state index is 11.8. The Hall–Kier alpha value is -2.73. The van der Waals surface area contributed by atoms with Crippen LogP contribution in [0.15, 0.2) is 65.3 Å². The Morgan fingerprint density at radius 3 is 2.59 bits per heavy atom. The number of hydrogen-bond acceptors (Lipinski definition) is 4. The lowest BCUT2D eigenvalue weighted by Gasteiger charge is -2.31. The first-order chi connectivity index (χ1) is 15.6. The summed E-state index contributed by atoms with van der Waals surface area (Å²) in [6.45, 7) is 0.863. The van der Waals surface area contributed by atoms with E-state index in [0.29, 0.717) is 18.1 Å². The SMILES string of the molecule is O=C(O)c1cnc(N2CCCCC[C@@H]2c2ccccc2Br)nc1CCCc1ccccc1. The molecule has 1 atom stereocenters. The summed E-state index contributed by atoms with van der Waals surface area (Å²) in [5.41, 5.74) is 3.30. The van der Waals surface area contributed by atoms with Crippen molar-refractivity contribution in [3.05, 3.63) is 87.7 Å². The van der Waals surface area contributed by atoms with Gasteiger partial charge in [0.05, 0.1) is 17.3 Å². The Labute approximate surface area is 197 Å². The van der Waals surface area contributed by atoms with Crippen LogP contribution in [0.2, 0.25) is 0 Å². The number of carboxylic acids is 1. The van der Waals surface area contributed by atoms with Crippen molar-refractivity contribution in [2.45, 2.75) is 51.0 Å². The lowest BCUT2D eigenvalue weighted by molar-refractivity contribution is 0.0694. The summed E-state index contributed by atoms with van der Waals surface area (Å²) in [5, 5.41) is 9.69. The molecule has 32 heavy (non-hydrogen) atoms. The largest absolute Gasteiger partial charge is 0.478 e. The van der Waals surface area contributed by atoms with Crippen molar-refractivity contribution in [1.29, 1.82) is 0 Å². The van der Waals surface area contributed by atoms with Crippen LogP contribution in [0.3, 0.4) is 0 Å². The third kappa shape index (κ3) is 5.36. The first-order valence-corrected chi connectivity index (χ1v) is 12.1. The molecule has 1 aliphatic rings. The first-order valence-electron chi connectivity index (χ1n) is 11.3. The van der Waals surface area contributed by atoms with Crippen molar-refractivity contribution in [1.82, 2.24) is 9.97 Å². The zero-order chi connectivity index (χ0) is 22.3. The van der Waals surface area contributed by atoms with Crippen molar-refractivity contribution in [2.24, 2.45) is 0 Å². The number of rotatable bonds is 7. The number of aromatic nitrogens is 2. The number of aryl methyl sites for hydroxylation is 2. The Morgan fingerprint density at radius 2 is 1.81 bits per heavy atom. The van der Waals surface area contributed by atoms with Crippen LogP contribution in [0.1, 0.15) is 65.3 Å². The Balaban J connectivity index is 1.61. The molecule has 0 spiro atoms. The Morgan fingerprint density at radius 1 is 1.03 bits per heavy atom. The first kappa shape index (κ1) is 22.5. The summed E-state index contributed by atoms with van der Waals surface area (Å²) in [5.74, 6) is -0.336. The summed E-state index contributed by atoms with van der Waals surface area (Å²) in [7, 11) is 0. The molecule has 0 amide bonds. The van der Waals surface area contributed by atoms with Crippen molar-refractivity contribution in [3.8, 4) is 0 Å². The minimum atomic E-state index is -0.968. The molecule has 1 aromatic heterocycles. The van der Waals surface area contributed by atoms with Gasteiger partial charge >= 0.3 is 5.97 Å². The molecule has 0 saturated carbocycles. The number of carboxylic acid groups (broad SMARTS) is 1. The minimum Gasteiger partial charge on any atom is -0.478 e. The van der Waals surface area contributed by atoms with Crippen molar-refractivity contribution in [2.75, 3.05) is 11.4 Å². The molecule has 0 unspecified atom stereocenters. The molecule has 0 bridgehead atoms. The zero-order valence-electron chi connectivity index (χ0n) is 18.1. The van der Waals surface area contributed by atoms with Crippen LogP contribution in [-0.2, 0) is 12.8 Å². The van der Waals surface area contributed by atoms with Crippen LogP contribution < -0.4 is 4.90 Å². The molecule has 6 heteroatoms. The maximum Gasteiger partial charge on any atom is 0.339 e. The van der Waals surface area contributed by atoms with Gasteiger partial charge in [0.15, 0.2) is 0 Å². The third-order valence-corrected chi connectivity index (χ3v) is 6.80. The average Bonchev–Trinajstić information content (AvgIpc) is 3.06.